The van der Waals surface area contributed by atoms with Crippen LogP contribution in [0, 0.1) is 83.9 Å². The maximum absolute atomic E-state index is 14.8. The predicted octanol–water partition coefficient (Wildman–Crippen LogP) is 18.9. The highest BCUT2D eigenvalue weighted by atomic mass is 79.9. The van der Waals surface area contributed by atoms with Crippen LogP contribution in [0.3, 0.4) is 0 Å². The average Bonchev–Trinajstić information content (AvgIpc) is 3.37. The zero-order chi connectivity index (χ0) is 55.1. The molecule has 2 aliphatic rings. The van der Waals surface area contributed by atoms with Crippen molar-refractivity contribution in [3.05, 3.63) is 176 Å². The van der Waals surface area contributed by atoms with Crippen LogP contribution >= 0.6 is 15.9 Å². The number of benzene rings is 6. The van der Waals surface area contributed by atoms with Crippen molar-refractivity contribution in [1.29, 1.82) is 0 Å². The lowest BCUT2D eigenvalue weighted by Gasteiger charge is -2.29. The molecular weight excluding hydrogens is 1090 g/mol. The zero-order valence-electron chi connectivity index (χ0n) is 40.8. The molecule has 2 heterocycles. The molecule has 1 N–H and O–H groups in total. The summed E-state index contributed by atoms with van der Waals surface area (Å²) in [6.45, 7) is 7.75. The van der Waals surface area contributed by atoms with Gasteiger partial charge in [-0.3, -0.25) is 0 Å². The monoisotopic (exact) mass is 1150 g/mol. The number of phenols is 1. The van der Waals surface area contributed by atoms with E-state index in [2.05, 4.69) is 18.6 Å². The molecule has 0 spiro atoms. The maximum atomic E-state index is 14.8. The Morgan fingerprint density at radius 3 is 1.26 bits per heavy atom. The van der Waals surface area contributed by atoms with Crippen molar-refractivity contribution in [3.8, 4) is 33.8 Å². The molecular formula is C57H55BrF14O4. The van der Waals surface area contributed by atoms with Crippen molar-refractivity contribution in [1.82, 2.24) is 0 Å². The van der Waals surface area contributed by atoms with Crippen molar-refractivity contribution in [2.75, 3.05) is 13.2 Å². The molecule has 8 rings (SSSR count). The molecule has 4 atom stereocenters. The fourth-order valence-corrected chi connectivity index (χ4v) is 9.23. The van der Waals surface area contributed by atoms with Gasteiger partial charge in [0, 0.05) is 23.3 Å². The zero-order valence-corrected chi connectivity index (χ0v) is 42.4. The number of phenolic OH excluding ortho intramolecular Hbond substituents is 1. The van der Waals surface area contributed by atoms with Crippen molar-refractivity contribution >= 4 is 15.9 Å². The van der Waals surface area contributed by atoms with Gasteiger partial charge in [-0.25, -0.2) is 43.9 Å². The van der Waals surface area contributed by atoms with Crippen LogP contribution in [0.2, 0.25) is 0 Å². The predicted molar refractivity (Wildman–Crippen MR) is 264 cm³/mol. The second kappa shape index (κ2) is 26.1. The van der Waals surface area contributed by atoms with Crippen LogP contribution in [0.25, 0.3) is 22.3 Å². The summed E-state index contributed by atoms with van der Waals surface area (Å²) in [5.74, 6) is -16.0. The van der Waals surface area contributed by atoms with E-state index >= 15 is 0 Å². The smallest absolute Gasteiger partial charge is 0.432 e. The van der Waals surface area contributed by atoms with Gasteiger partial charge in [-0.05, 0) is 138 Å². The Morgan fingerprint density at radius 1 is 0.513 bits per heavy atom. The Kier molecular flexibility index (Phi) is 21.0. The van der Waals surface area contributed by atoms with E-state index in [4.69, 9.17) is 14.6 Å². The molecule has 412 valence electrons. The third kappa shape index (κ3) is 14.7. The van der Waals surface area contributed by atoms with Gasteiger partial charge >= 0.3 is 10.9 Å². The first-order valence-corrected chi connectivity index (χ1v) is 24.7. The Balaban J connectivity index is 0.000000238. The molecule has 0 radical (unpaired) electrons. The van der Waals surface area contributed by atoms with Gasteiger partial charge in [-0.1, -0.05) is 82.6 Å². The van der Waals surface area contributed by atoms with Crippen molar-refractivity contribution < 1.29 is 80.8 Å². The van der Waals surface area contributed by atoms with Crippen LogP contribution in [0.15, 0.2) is 84.9 Å². The van der Waals surface area contributed by atoms with E-state index in [1.54, 1.807) is 36.4 Å². The molecule has 6 aromatic carbocycles. The molecule has 0 saturated carbocycles. The normalized spacial score (nSPS) is 17.7. The molecule has 6 aromatic rings. The summed E-state index contributed by atoms with van der Waals surface area (Å²) in [5.41, 5.74) is -1.01. The van der Waals surface area contributed by atoms with Crippen LogP contribution < -0.4 is 4.74 Å². The first-order chi connectivity index (χ1) is 35.3. The van der Waals surface area contributed by atoms with E-state index < -0.39 is 97.3 Å². The van der Waals surface area contributed by atoms with Crippen molar-refractivity contribution in [3.63, 3.8) is 0 Å². The number of ether oxygens (including phenoxy) is 3. The van der Waals surface area contributed by atoms with E-state index in [0.717, 1.165) is 101 Å². The molecule has 19 heteroatoms. The van der Waals surface area contributed by atoms with Crippen LogP contribution in [-0.4, -0.2) is 18.3 Å². The summed E-state index contributed by atoms with van der Waals surface area (Å²) in [7, 11) is 0. The van der Waals surface area contributed by atoms with Gasteiger partial charge in [-0.2, -0.15) is 17.6 Å². The topological polar surface area (TPSA) is 47.9 Å². The summed E-state index contributed by atoms with van der Waals surface area (Å²) in [6, 6.07) is 18.0. The molecule has 0 bridgehead atoms. The Bertz CT molecular complexity index is 2840. The number of hydrogen-bond acceptors (Lipinski definition) is 4. The molecule has 4 unspecified atom stereocenters. The summed E-state index contributed by atoms with van der Waals surface area (Å²) in [4.78, 5) is -3.75. The molecule has 4 nitrogen and oxygen atoms in total. The van der Waals surface area contributed by atoms with Crippen molar-refractivity contribution in [2.45, 2.75) is 110 Å². The van der Waals surface area contributed by atoms with Crippen LogP contribution in [0.1, 0.15) is 118 Å². The maximum Gasteiger partial charge on any atom is 0.432 e. The highest BCUT2D eigenvalue weighted by molar-refractivity contribution is 9.09. The number of aromatic hydroxyl groups is 1. The molecule has 0 aliphatic carbocycles. The van der Waals surface area contributed by atoms with Crippen molar-refractivity contribution in [2.24, 2.45) is 11.8 Å². The van der Waals surface area contributed by atoms with Crippen LogP contribution in [0.5, 0.6) is 11.5 Å². The lowest BCUT2D eigenvalue weighted by molar-refractivity contribution is -0.190. The molecule has 2 saturated heterocycles. The summed E-state index contributed by atoms with van der Waals surface area (Å²) in [6.07, 6.45) is 3.80. The minimum Gasteiger partial charge on any atom is -0.507 e. The SMILES string of the molecule is C.CCCC1CCC(c2ccc(-c3cc(F)c(C(F)(F)Br)c(F)c3)cc2)OC1.CCCC1CCC(c2ccc(-c3cc(F)c(C(F)(F)Oc4cc(F)c(F)c(F)c4C)c(F)c3)cc2)OC1.Cc1c(O)cc(F)c(F)c1F. The number of hydrogen-bond donors (Lipinski definition) is 1. The quantitative estimate of drug-likeness (QED) is 0.0754. The fraction of sp³-hybridized carbons (Fsp3) is 0.368. The Hall–Kier alpha value is -5.66. The fourth-order valence-electron chi connectivity index (χ4n) is 8.85. The van der Waals surface area contributed by atoms with Gasteiger partial charge < -0.3 is 19.3 Å². The molecule has 0 amide bonds. The molecule has 2 fully saturated rings. The van der Waals surface area contributed by atoms with Gasteiger partial charge in [0.1, 0.15) is 45.9 Å². The summed E-state index contributed by atoms with van der Waals surface area (Å²) < 4.78 is 207. The largest absolute Gasteiger partial charge is 0.507 e. The van der Waals surface area contributed by atoms with E-state index in [0.29, 0.717) is 35.6 Å². The van der Waals surface area contributed by atoms with Gasteiger partial charge in [0.2, 0.25) is 0 Å². The summed E-state index contributed by atoms with van der Waals surface area (Å²) in [5, 5.41) is 8.76. The lowest BCUT2D eigenvalue weighted by atomic mass is 9.91. The lowest BCUT2D eigenvalue weighted by Crippen LogP contribution is -2.26. The second-order valence-electron chi connectivity index (χ2n) is 18.3. The van der Waals surface area contributed by atoms with E-state index in [9.17, 15) is 61.5 Å². The van der Waals surface area contributed by atoms with E-state index in [-0.39, 0.29) is 42.4 Å². The van der Waals surface area contributed by atoms with Crippen LogP contribution in [0.4, 0.5) is 61.5 Å². The standard InChI is InChI=1S/C28H25F7O2.C21H21BrF4O.C7H5F3O.CH4/c1-3-4-16-5-10-23(36-14-16)18-8-6-17(7-9-18)19-11-20(29)25(21(30)12-19)28(34,35)37-24-13-22(31)27(33)26(32)15(24)2;1-2-3-13-4-9-19(27-12-13)15-7-5-14(6-8-15)16-10-17(23)20(18(24)11-16)21(22,25)26;1-3-5(11)2-4(8)7(10)6(3)9;/h6-9,11-13,16,23H,3-5,10,14H2,1-2H3;5-8,10-11,13,19H,2-4,9,12H2,1H3;2,11H,1H3;1H4. The average molecular weight is 1150 g/mol. The van der Waals surface area contributed by atoms with Gasteiger partial charge in [-0.15, -0.1) is 0 Å². The second-order valence-corrected chi connectivity index (χ2v) is 19.3. The summed E-state index contributed by atoms with van der Waals surface area (Å²) >= 11 is 2.01. The van der Waals surface area contributed by atoms with Gasteiger partial charge in [0.25, 0.3) is 0 Å². The number of alkyl halides is 5. The van der Waals surface area contributed by atoms with E-state index in [1.807, 2.05) is 28.1 Å². The Labute approximate surface area is 440 Å². The first-order valence-electron chi connectivity index (χ1n) is 23.9. The number of rotatable bonds is 12. The highest BCUT2D eigenvalue weighted by Gasteiger charge is 2.42. The molecule has 76 heavy (non-hydrogen) atoms. The Morgan fingerprint density at radius 2 is 0.895 bits per heavy atom. The van der Waals surface area contributed by atoms with Crippen LogP contribution in [-0.2, 0) is 20.4 Å². The third-order valence-corrected chi connectivity index (χ3v) is 13.4. The van der Waals surface area contributed by atoms with Gasteiger partial charge in [0.05, 0.1) is 25.4 Å². The van der Waals surface area contributed by atoms with E-state index in [1.165, 1.54) is 6.42 Å². The minimum atomic E-state index is -4.65. The highest BCUT2D eigenvalue weighted by Crippen LogP contribution is 2.42. The molecule has 2 aliphatic heterocycles. The first kappa shape index (κ1) is 61.2. The van der Waals surface area contributed by atoms with Gasteiger partial charge in [0.15, 0.2) is 34.9 Å². The third-order valence-electron chi connectivity index (χ3n) is 13.0. The minimum absolute atomic E-state index is 0. The molecule has 0 aromatic heterocycles. The number of halogens is 15.